The van der Waals surface area contributed by atoms with Crippen LogP contribution in [-0.2, 0) is 6.42 Å². The molecule has 2 aromatic heterocycles. The lowest BCUT2D eigenvalue weighted by molar-refractivity contribution is -0.334. The first kappa shape index (κ1) is 16.3. The van der Waals surface area contributed by atoms with Crippen LogP contribution in [0.15, 0.2) is 42.5 Å². The monoisotopic (exact) mass is 352 g/mol. The van der Waals surface area contributed by atoms with Crippen molar-refractivity contribution < 1.29 is 4.98 Å². The van der Waals surface area contributed by atoms with Crippen molar-refractivity contribution in [2.45, 2.75) is 32.6 Å². The third-order valence-electron chi connectivity index (χ3n) is 4.95. The van der Waals surface area contributed by atoms with Gasteiger partial charge in [0.15, 0.2) is 0 Å². The maximum absolute atomic E-state index is 6.88. The minimum atomic E-state index is 0.825. The van der Waals surface area contributed by atoms with E-state index in [-0.39, 0.29) is 0 Å². The van der Waals surface area contributed by atoms with Crippen molar-refractivity contribution >= 4 is 28.5 Å². The number of aromatic nitrogens is 2. The lowest BCUT2D eigenvalue weighted by Gasteiger charge is -2.25. The topological polar surface area (TPSA) is 30.3 Å². The van der Waals surface area contributed by atoms with E-state index in [0.717, 1.165) is 47.1 Å². The number of anilines is 1. The number of nitrogens with one attached hydrogen (secondary N) is 1. The van der Waals surface area contributed by atoms with Crippen LogP contribution in [-0.4, -0.2) is 18.1 Å². The van der Waals surface area contributed by atoms with E-state index in [2.05, 4.69) is 51.3 Å². The second-order valence-electron chi connectivity index (χ2n) is 6.83. The highest BCUT2D eigenvalue weighted by molar-refractivity contribution is 6.36. The first-order valence-electron chi connectivity index (χ1n) is 9.02. The second kappa shape index (κ2) is 7.01. The van der Waals surface area contributed by atoms with Crippen LogP contribution in [0.5, 0.6) is 0 Å². The van der Waals surface area contributed by atoms with Gasteiger partial charge in [0.25, 0.3) is 5.65 Å². The van der Waals surface area contributed by atoms with Crippen molar-refractivity contribution in [3.63, 3.8) is 0 Å². The van der Waals surface area contributed by atoms with Gasteiger partial charge in [0, 0.05) is 12.0 Å². The average Bonchev–Trinajstić information content (AvgIpc) is 2.65. The standard InChI is InChI=1S/C21H22ClN3/c1-15-10-11-17-19(22)18(14-16-8-4-2-5-9-16)21(24-20(17)23-15)25-12-6-3-7-13-25/h2,4-5,8-11H,3,6-7,12-14H2,1H3/p+1. The second-order valence-corrected chi connectivity index (χ2v) is 7.20. The summed E-state index contributed by atoms with van der Waals surface area (Å²) in [6.07, 6.45) is 4.60. The Bertz CT molecular complexity index is 887. The number of nitrogens with zero attached hydrogens (tertiary/aromatic N) is 2. The molecular formula is C21H23ClN3+. The molecular weight excluding hydrogens is 330 g/mol. The van der Waals surface area contributed by atoms with Crippen molar-refractivity contribution in [2.24, 2.45) is 0 Å². The molecule has 1 N–H and O–H groups in total. The van der Waals surface area contributed by atoms with E-state index in [4.69, 9.17) is 11.6 Å². The van der Waals surface area contributed by atoms with E-state index < -0.39 is 0 Å². The molecule has 3 aromatic rings. The number of aryl methyl sites for hydroxylation is 1. The smallest absolute Gasteiger partial charge is 0.269 e. The summed E-state index contributed by atoms with van der Waals surface area (Å²) in [7, 11) is 0. The Kier molecular flexibility index (Phi) is 4.58. The molecule has 0 unspecified atom stereocenters. The maximum atomic E-state index is 6.88. The molecule has 1 aliphatic rings. The van der Waals surface area contributed by atoms with E-state index in [0.29, 0.717) is 0 Å². The molecule has 0 aliphatic carbocycles. The summed E-state index contributed by atoms with van der Waals surface area (Å²) >= 11 is 6.88. The van der Waals surface area contributed by atoms with E-state index in [1.54, 1.807) is 0 Å². The summed E-state index contributed by atoms with van der Waals surface area (Å²) in [6, 6.07) is 14.6. The highest BCUT2D eigenvalue weighted by Gasteiger charge is 2.25. The van der Waals surface area contributed by atoms with Crippen LogP contribution in [0, 0.1) is 6.92 Å². The highest BCUT2D eigenvalue weighted by Crippen LogP contribution is 2.32. The third kappa shape index (κ3) is 3.34. The first-order chi connectivity index (χ1) is 12.2. The predicted octanol–water partition coefficient (Wildman–Crippen LogP) is 4.59. The first-order valence-corrected chi connectivity index (χ1v) is 9.40. The average molecular weight is 353 g/mol. The number of pyridine rings is 2. The third-order valence-corrected chi connectivity index (χ3v) is 5.39. The summed E-state index contributed by atoms with van der Waals surface area (Å²) < 4.78 is 0. The number of fused-ring (bicyclic) bond motifs is 1. The summed E-state index contributed by atoms with van der Waals surface area (Å²) in [4.78, 5) is 10.7. The Morgan fingerprint density at radius 3 is 2.56 bits per heavy atom. The molecule has 0 amide bonds. The molecule has 128 valence electrons. The number of hydrogen-bond donors (Lipinski definition) is 0. The molecule has 4 heteroatoms. The van der Waals surface area contributed by atoms with Crippen LogP contribution < -0.4 is 9.88 Å². The molecule has 1 fully saturated rings. The Hall–Kier alpha value is -2.13. The van der Waals surface area contributed by atoms with Crippen LogP contribution in [0.1, 0.15) is 36.1 Å². The van der Waals surface area contributed by atoms with Gasteiger partial charge < -0.3 is 0 Å². The van der Waals surface area contributed by atoms with Crippen molar-refractivity contribution in [1.29, 1.82) is 0 Å². The van der Waals surface area contributed by atoms with Crippen LogP contribution in [0.25, 0.3) is 11.0 Å². The fourth-order valence-electron chi connectivity index (χ4n) is 3.63. The molecule has 1 aliphatic heterocycles. The van der Waals surface area contributed by atoms with Gasteiger partial charge in [-0.1, -0.05) is 41.9 Å². The summed E-state index contributed by atoms with van der Waals surface area (Å²) in [5, 5.41) is 1.82. The van der Waals surface area contributed by atoms with E-state index in [1.807, 2.05) is 13.0 Å². The van der Waals surface area contributed by atoms with Gasteiger partial charge in [-0.3, -0.25) is 4.90 Å². The number of H-pyrrole nitrogens is 1. The molecule has 4 rings (SSSR count). The molecule has 1 saturated heterocycles. The van der Waals surface area contributed by atoms with Gasteiger partial charge in [-0.2, -0.15) is 0 Å². The van der Waals surface area contributed by atoms with Crippen molar-refractivity contribution in [2.75, 3.05) is 18.0 Å². The quantitative estimate of drug-likeness (QED) is 0.690. The summed E-state index contributed by atoms with van der Waals surface area (Å²) in [6.45, 7) is 4.16. The van der Waals surface area contributed by atoms with Crippen LogP contribution in [0.2, 0.25) is 5.02 Å². The number of benzene rings is 1. The molecule has 3 nitrogen and oxygen atoms in total. The Labute approximate surface area is 153 Å². The van der Waals surface area contributed by atoms with Gasteiger partial charge in [-0.05, 0) is 43.9 Å². The SMILES string of the molecule is Cc1ccc2c(Cl)c(Cc3ccccc3)c(N3CCCCC3)[nH+]c2n1. The zero-order chi connectivity index (χ0) is 17.2. The molecule has 3 heterocycles. The lowest BCUT2D eigenvalue weighted by Crippen LogP contribution is -2.35. The number of rotatable bonds is 3. The van der Waals surface area contributed by atoms with Gasteiger partial charge in [-0.25, -0.2) is 4.98 Å². The number of aromatic amines is 1. The Balaban J connectivity index is 1.87. The summed E-state index contributed by atoms with van der Waals surface area (Å²) in [5.41, 5.74) is 4.33. The van der Waals surface area contributed by atoms with Crippen LogP contribution >= 0.6 is 11.6 Å². The van der Waals surface area contributed by atoms with E-state index in [1.165, 1.54) is 30.4 Å². The molecule has 0 spiro atoms. The highest BCUT2D eigenvalue weighted by atomic mass is 35.5. The predicted molar refractivity (Wildman–Crippen MR) is 103 cm³/mol. The molecule has 1 aromatic carbocycles. The number of piperidine rings is 1. The van der Waals surface area contributed by atoms with Crippen LogP contribution in [0.3, 0.4) is 0 Å². The molecule has 0 radical (unpaired) electrons. The van der Waals surface area contributed by atoms with Gasteiger partial charge in [0.05, 0.1) is 23.5 Å². The van der Waals surface area contributed by atoms with Gasteiger partial charge >= 0.3 is 0 Å². The zero-order valence-corrected chi connectivity index (χ0v) is 15.3. The zero-order valence-electron chi connectivity index (χ0n) is 14.6. The molecule has 0 bridgehead atoms. The normalized spacial score (nSPS) is 14.9. The lowest BCUT2D eigenvalue weighted by atomic mass is 10.0. The van der Waals surface area contributed by atoms with Crippen molar-refractivity contribution in [1.82, 2.24) is 4.98 Å². The number of hydrogen-bond acceptors (Lipinski definition) is 2. The van der Waals surface area contributed by atoms with Gasteiger partial charge in [-0.15, -0.1) is 4.98 Å². The maximum Gasteiger partial charge on any atom is 0.269 e. The van der Waals surface area contributed by atoms with Crippen molar-refractivity contribution in [3.8, 4) is 0 Å². The largest absolute Gasteiger partial charge is 0.292 e. The molecule has 25 heavy (non-hydrogen) atoms. The Morgan fingerprint density at radius 1 is 1.04 bits per heavy atom. The molecule has 0 saturated carbocycles. The fourth-order valence-corrected chi connectivity index (χ4v) is 3.94. The minimum Gasteiger partial charge on any atom is -0.292 e. The van der Waals surface area contributed by atoms with Gasteiger partial charge in [0.1, 0.15) is 5.69 Å². The van der Waals surface area contributed by atoms with E-state index in [9.17, 15) is 0 Å². The van der Waals surface area contributed by atoms with Gasteiger partial charge in [0.2, 0.25) is 5.82 Å². The minimum absolute atomic E-state index is 0.825. The van der Waals surface area contributed by atoms with Crippen molar-refractivity contribution in [3.05, 3.63) is 64.3 Å². The fraction of sp³-hybridized carbons (Fsp3) is 0.333. The molecule has 0 atom stereocenters. The van der Waals surface area contributed by atoms with Crippen LogP contribution in [0.4, 0.5) is 5.82 Å². The van der Waals surface area contributed by atoms with E-state index >= 15 is 0 Å². The summed E-state index contributed by atoms with van der Waals surface area (Å²) in [5.74, 6) is 1.14. The Morgan fingerprint density at radius 2 is 1.80 bits per heavy atom. The number of halogens is 1.